The highest BCUT2D eigenvalue weighted by Crippen LogP contribution is 2.55. The predicted octanol–water partition coefficient (Wildman–Crippen LogP) is 2.93. The fraction of sp³-hybridized carbons (Fsp3) is 0.333. The second-order valence-corrected chi connectivity index (χ2v) is 8.86. The van der Waals surface area contributed by atoms with Crippen LogP contribution in [0.25, 0.3) is 0 Å². The summed E-state index contributed by atoms with van der Waals surface area (Å²) in [5.41, 5.74) is 7.55. The molecular weight excluding hydrogens is 346 g/mol. The maximum absolute atomic E-state index is 13.1. The molecule has 0 unspecified atom stereocenters. The molecule has 2 aromatic rings. The highest BCUT2D eigenvalue weighted by atomic mass is 35.5. The van der Waals surface area contributed by atoms with E-state index in [0.717, 1.165) is 11.1 Å². The van der Waals surface area contributed by atoms with E-state index < -0.39 is 20.6 Å². The van der Waals surface area contributed by atoms with Crippen LogP contribution in [0, 0.1) is 6.92 Å². The molecule has 1 aliphatic carbocycles. The van der Waals surface area contributed by atoms with Gasteiger partial charge >= 0.3 is 0 Å². The van der Waals surface area contributed by atoms with Crippen molar-refractivity contribution in [3.05, 3.63) is 64.7 Å². The topological polar surface area (TPSA) is 69.4 Å². The lowest BCUT2D eigenvalue weighted by Gasteiger charge is -2.11. The minimum atomic E-state index is -3.58. The maximum Gasteiger partial charge on any atom is 0.183 e. The molecule has 0 aliphatic heterocycles. The Hall–Kier alpha value is -1.40. The Bertz CT molecular complexity index is 834. The number of nitrogens with two attached hydrogens (primary N) is 1. The average Bonchev–Trinajstić information content (AvgIpc) is 3.15. The molecule has 0 radical (unpaired) electrons. The summed E-state index contributed by atoms with van der Waals surface area (Å²) in [6, 6.07) is 14.0. The van der Waals surface area contributed by atoms with E-state index in [1.807, 2.05) is 31.2 Å². The molecule has 0 aromatic heterocycles. The molecule has 1 fully saturated rings. The molecule has 2 N–H and O–H groups in total. The first-order valence-electron chi connectivity index (χ1n) is 7.64. The van der Waals surface area contributed by atoms with E-state index in [1.54, 1.807) is 12.1 Å². The van der Waals surface area contributed by atoms with Crippen molar-refractivity contribution in [3.8, 4) is 0 Å². The summed E-state index contributed by atoms with van der Waals surface area (Å²) >= 11 is 5.86. The van der Waals surface area contributed by atoms with Crippen LogP contribution in [-0.2, 0) is 14.6 Å². The monoisotopic (exact) mass is 365 g/mol. The SMILES string of the molecule is COC[C@@]1(N)[C@H](S(=O)(=O)c2ccc(Cl)cc2)[C@@H]1c1ccc(C)cc1. The van der Waals surface area contributed by atoms with E-state index in [0.29, 0.717) is 5.02 Å². The summed E-state index contributed by atoms with van der Waals surface area (Å²) in [5.74, 6) is -0.293. The molecule has 3 atom stereocenters. The molecule has 4 nitrogen and oxygen atoms in total. The summed E-state index contributed by atoms with van der Waals surface area (Å²) in [6.07, 6.45) is 0. The van der Waals surface area contributed by atoms with Crippen LogP contribution in [0.2, 0.25) is 5.02 Å². The van der Waals surface area contributed by atoms with Gasteiger partial charge in [-0.05, 0) is 36.8 Å². The molecule has 0 bridgehead atoms. The molecule has 3 rings (SSSR count). The Balaban J connectivity index is 2.01. The average molecular weight is 366 g/mol. The number of methoxy groups -OCH3 is 1. The van der Waals surface area contributed by atoms with E-state index in [2.05, 4.69) is 0 Å². The summed E-state index contributed by atoms with van der Waals surface area (Å²) < 4.78 is 31.4. The predicted molar refractivity (Wildman–Crippen MR) is 95.1 cm³/mol. The van der Waals surface area contributed by atoms with E-state index in [4.69, 9.17) is 22.1 Å². The van der Waals surface area contributed by atoms with Crippen molar-refractivity contribution in [2.24, 2.45) is 5.73 Å². The minimum Gasteiger partial charge on any atom is -0.383 e. The third kappa shape index (κ3) is 2.86. The third-order valence-electron chi connectivity index (χ3n) is 4.61. The quantitative estimate of drug-likeness (QED) is 0.884. The minimum absolute atomic E-state index is 0.184. The van der Waals surface area contributed by atoms with Gasteiger partial charge < -0.3 is 10.5 Å². The standard InChI is InChI=1S/C18H20ClNO3S/c1-12-3-5-13(6-4-12)16-17(18(16,20)11-23-2)24(21,22)15-9-7-14(19)8-10-15/h3-10,16-17H,11,20H2,1-2H3/t16-,17+,18-/m0/s1. The molecule has 0 heterocycles. The Morgan fingerprint density at radius 3 is 2.25 bits per heavy atom. The smallest absolute Gasteiger partial charge is 0.183 e. The summed E-state index contributed by atoms with van der Waals surface area (Å²) in [5, 5.41) is -0.218. The Morgan fingerprint density at radius 2 is 1.71 bits per heavy atom. The molecule has 1 aliphatic rings. The van der Waals surface area contributed by atoms with Crippen LogP contribution in [0.5, 0.6) is 0 Å². The molecule has 0 amide bonds. The van der Waals surface area contributed by atoms with Gasteiger partial charge in [0.15, 0.2) is 9.84 Å². The molecule has 6 heteroatoms. The lowest BCUT2D eigenvalue weighted by atomic mass is 10.1. The van der Waals surface area contributed by atoms with E-state index in [9.17, 15) is 8.42 Å². The van der Waals surface area contributed by atoms with Crippen LogP contribution in [0.4, 0.5) is 0 Å². The van der Waals surface area contributed by atoms with Gasteiger partial charge in [-0.25, -0.2) is 8.42 Å². The maximum atomic E-state index is 13.1. The van der Waals surface area contributed by atoms with Crippen molar-refractivity contribution in [1.82, 2.24) is 0 Å². The van der Waals surface area contributed by atoms with Gasteiger partial charge in [-0.2, -0.15) is 0 Å². The lowest BCUT2D eigenvalue weighted by molar-refractivity contribution is 0.171. The normalized spacial score (nSPS) is 26.3. The van der Waals surface area contributed by atoms with Gasteiger partial charge in [-0.1, -0.05) is 41.4 Å². The number of hydrogen-bond donors (Lipinski definition) is 1. The first-order valence-corrected chi connectivity index (χ1v) is 9.57. The van der Waals surface area contributed by atoms with Crippen molar-refractivity contribution in [2.45, 2.75) is 28.5 Å². The Kier molecular flexibility index (Phi) is 4.47. The van der Waals surface area contributed by atoms with Crippen LogP contribution >= 0.6 is 11.6 Å². The molecule has 0 spiro atoms. The lowest BCUT2D eigenvalue weighted by Crippen LogP contribution is -2.35. The number of benzene rings is 2. The first-order chi connectivity index (χ1) is 11.3. The van der Waals surface area contributed by atoms with Crippen LogP contribution < -0.4 is 5.73 Å². The third-order valence-corrected chi connectivity index (χ3v) is 7.17. The van der Waals surface area contributed by atoms with Gasteiger partial charge in [0.1, 0.15) is 0 Å². The Morgan fingerprint density at radius 1 is 1.12 bits per heavy atom. The van der Waals surface area contributed by atoms with Crippen molar-refractivity contribution in [2.75, 3.05) is 13.7 Å². The van der Waals surface area contributed by atoms with Gasteiger partial charge in [-0.3, -0.25) is 0 Å². The number of ether oxygens (including phenoxy) is 1. The molecule has 2 aromatic carbocycles. The highest BCUT2D eigenvalue weighted by molar-refractivity contribution is 7.92. The number of rotatable bonds is 5. The van der Waals surface area contributed by atoms with Crippen molar-refractivity contribution in [3.63, 3.8) is 0 Å². The molecule has 24 heavy (non-hydrogen) atoms. The first kappa shape index (κ1) is 17.4. The molecule has 128 valence electrons. The number of halogens is 1. The zero-order chi connectivity index (χ0) is 17.5. The van der Waals surface area contributed by atoms with Crippen LogP contribution in [0.15, 0.2) is 53.4 Å². The van der Waals surface area contributed by atoms with E-state index >= 15 is 0 Å². The highest BCUT2D eigenvalue weighted by Gasteiger charge is 2.69. The van der Waals surface area contributed by atoms with Gasteiger partial charge in [0.05, 0.1) is 22.3 Å². The van der Waals surface area contributed by atoms with Gasteiger partial charge in [-0.15, -0.1) is 0 Å². The Labute approximate surface area is 147 Å². The summed E-state index contributed by atoms with van der Waals surface area (Å²) in [6.45, 7) is 2.17. The van der Waals surface area contributed by atoms with Gasteiger partial charge in [0.2, 0.25) is 0 Å². The van der Waals surface area contributed by atoms with Crippen LogP contribution in [0.3, 0.4) is 0 Å². The van der Waals surface area contributed by atoms with E-state index in [-0.39, 0.29) is 17.4 Å². The van der Waals surface area contributed by atoms with Crippen LogP contribution in [0.1, 0.15) is 17.0 Å². The fourth-order valence-corrected chi connectivity index (χ4v) is 5.76. The summed E-state index contributed by atoms with van der Waals surface area (Å²) in [7, 11) is -2.05. The van der Waals surface area contributed by atoms with Crippen LogP contribution in [-0.4, -0.2) is 32.9 Å². The number of hydrogen-bond acceptors (Lipinski definition) is 4. The van der Waals surface area contributed by atoms with Crippen molar-refractivity contribution < 1.29 is 13.2 Å². The molecular formula is C18H20ClNO3S. The summed E-state index contributed by atoms with van der Waals surface area (Å²) in [4.78, 5) is 0.234. The van der Waals surface area contributed by atoms with E-state index in [1.165, 1.54) is 19.2 Å². The number of sulfone groups is 1. The van der Waals surface area contributed by atoms with Gasteiger partial charge in [0, 0.05) is 18.1 Å². The zero-order valence-electron chi connectivity index (χ0n) is 13.6. The molecule has 0 saturated heterocycles. The molecule has 1 saturated carbocycles. The van der Waals surface area contributed by atoms with Crippen molar-refractivity contribution in [1.29, 1.82) is 0 Å². The number of aryl methyl sites for hydroxylation is 1. The second-order valence-electron chi connectivity index (χ2n) is 6.35. The fourth-order valence-electron chi connectivity index (χ4n) is 3.34. The zero-order valence-corrected chi connectivity index (χ0v) is 15.1. The van der Waals surface area contributed by atoms with Crippen molar-refractivity contribution >= 4 is 21.4 Å². The second kappa shape index (κ2) is 6.15. The van der Waals surface area contributed by atoms with Gasteiger partial charge in [0.25, 0.3) is 0 Å². The largest absolute Gasteiger partial charge is 0.383 e.